The number of rotatable bonds is 4. The molecular weight excluding hydrogens is 635 g/mol. The zero-order valence-corrected chi connectivity index (χ0v) is 28.6. The average molecular weight is 666 g/mol. The lowest BCUT2D eigenvalue weighted by Crippen LogP contribution is -2.28. The van der Waals surface area contributed by atoms with E-state index in [1.54, 1.807) is 0 Å². The molecule has 2 heterocycles. The van der Waals surface area contributed by atoms with Gasteiger partial charge in [0.25, 0.3) is 0 Å². The van der Waals surface area contributed by atoms with E-state index in [4.69, 9.17) is 0 Å². The zero-order valence-electron chi connectivity index (χ0n) is 27.8. The van der Waals surface area contributed by atoms with E-state index in [0.717, 1.165) is 0 Å². The minimum atomic E-state index is -0.514. The number of hydrogen-bond acceptors (Lipinski definition) is 1. The van der Waals surface area contributed by atoms with Gasteiger partial charge in [-0.25, -0.2) is 0 Å². The van der Waals surface area contributed by atoms with Crippen molar-refractivity contribution in [3.05, 3.63) is 210 Å². The Balaban J connectivity index is 1.20. The van der Waals surface area contributed by atoms with Crippen molar-refractivity contribution in [3.63, 3.8) is 0 Å². The molecule has 0 amide bonds. The lowest BCUT2D eigenvalue weighted by molar-refractivity contribution is 0.768. The van der Waals surface area contributed by atoms with E-state index in [-0.39, 0.29) is 0 Å². The summed E-state index contributed by atoms with van der Waals surface area (Å²) in [6, 6.07) is 69.9. The number of thiophene rings is 1. The summed E-state index contributed by atoms with van der Waals surface area (Å²) in [5, 5.41) is 5.21. The van der Waals surface area contributed by atoms with Crippen molar-refractivity contribution in [2.24, 2.45) is 0 Å². The van der Waals surface area contributed by atoms with Crippen molar-refractivity contribution in [1.82, 2.24) is 4.57 Å². The largest absolute Gasteiger partial charge is 0.309 e. The second-order valence-electron chi connectivity index (χ2n) is 13.7. The maximum Gasteiger partial charge on any atom is 0.0714 e. The predicted molar refractivity (Wildman–Crippen MR) is 216 cm³/mol. The summed E-state index contributed by atoms with van der Waals surface area (Å²) < 4.78 is 5.10. The summed E-state index contributed by atoms with van der Waals surface area (Å²) in [5.74, 6) is 0. The standard InChI is InChI=1S/C49H31NS/c1-3-13-34(14-4-1)49(35-15-5-2-6-16-35)43-29-32(33-24-27-42-41-19-9-12-22-47(41)51-48(42)30-33)23-26-37(43)38-28-25-36(31-44(38)49)50-45-20-10-7-17-39(45)40-18-8-11-21-46(40)50/h1-31H. The van der Waals surface area contributed by atoms with Crippen LogP contribution in [0, 0.1) is 0 Å². The summed E-state index contributed by atoms with van der Waals surface area (Å²) in [7, 11) is 0. The number of benzene rings is 8. The van der Waals surface area contributed by atoms with Crippen molar-refractivity contribution in [3.8, 4) is 27.9 Å². The minimum Gasteiger partial charge on any atom is -0.309 e. The van der Waals surface area contributed by atoms with Crippen LogP contribution in [0.3, 0.4) is 0 Å². The van der Waals surface area contributed by atoms with Gasteiger partial charge in [-0.15, -0.1) is 11.3 Å². The quantitative estimate of drug-likeness (QED) is 0.176. The van der Waals surface area contributed by atoms with E-state index in [1.165, 1.54) is 92.2 Å². The molecule has 0 saturated carbocycles. The van der Waals surface area contributed by atoms with Crippen LogP contribution in [-0.2, 0) is 5.41 Å². The van der Waals surface area contributed by atoms with Crippen molar-refractivity contribution >= 4 is 53.3 Å². The van der Waals surface area contributed by atoms with Crippen LogP contribution in [0.25, 0.3) is 69.9 Å². The SMILES string of the molecule is c1ccc(C2(c3ccccc3)c3cc(-c4ccc5c(c4)sc4ccccc45)ccc3-c3ccc(-n4c5ccccc5c5ccccc54)cc32)cc1. The van der Waals surface area contributed by atoms with Gasteiger partial charge in [-0.1, -0.05) is 146 Å². The molecule has 2 heteroatoms. The van der Waals surface area contributed by atoms with Crippen LogP contribution in [0.2, 0.25) is 0 Å². The lowest BCUT2D eigenvalue weighted by Gasteiger charge is -2.34. The van der Waals surface area contributed by atoms with Gasteiger partial charge in [0.2, 0.25) is 0 Å². The Morgan fingerprint density at radius 2 is 0.882 bits per heavy atom. The molecule has 0 radical (unpaired) electrons. The number of aromatic nitrogens is 1. The molecule has 1 aliphatic rings. The van der Waals surface area contributed by atoms with E-state index in [1.807, 2.05) is 11.3 Å². The number of hydrogen-bond donors (Lipinski definition) is 0. The number of para-hydroxylation sites is 2. The van der Waals surface area contributed by atoms with Gasteiger partial charge in [0, 0.05) is 36.6 Å². The molecule has 0 unspecified atom stereocenters. The minimum absolute atomic E-state index is 0.514. The predicted octanol–water partition coefficient (Wildman–Crippen LogP) is 13.2. The van der Waals surface area contributed by atoms with Gasteiger partial charge in [0.1, 0.15) is 0 Å². The summed E-state index contributed by atoms with van der Waals surface area (Å²) in [6.45, 7) is 0. The van der Waals surface area contributed by atoms with Gasteiger partial charge >= 0.3 is 0 Å². The van der Waals surface area contributed by atoms with Gasteiger partial charge in [0.15, 0.2) is 0 Å². The Morgan fingerprint density at radius 1 is 0.373 bits per heavy atom. The van der Waals surface area contributed by atoms with Crippen LogP contribution in [0.1, 0.15) is 22.3 Å². The molecular formula is C49H31NS. The fraction of sp³-hybridized carbons (Fsp3) is 0.0204. The highest BCUT2D eigenvalue weighted by molar-refractivity contribution is 7.25. The normalized spacial score (nSPS) is 13.3. The molecule has 0 spiro atoms. The van der Waals surface area contributed by atoms with Crippen LogP contribution < -0.4 is 0 Å². The number of fused-ring (bicyclic) bond motifs is 9. The maximum absolute atomic E-state index is 2.48. The fourth-order valence-electron chi connectivity index (χ4n) is 8.90. The molecule has 0 fully saturated rings. The third-order valence-corrected chi connectivity index (χ3v) is 12.2. The Bertz CT molecular complexity index is 2870. The Morgan fingerprint density at radius 3 is 1.57 bits per heavy atom. The van der Waals surface area contributed by atoms with Crippen molar-refractivity contribution in [2.75, 3.05) is 0 Å². The van der Waals surface area contributed by atoms with Gasteiger partial charge in [-0.05, 0) is 87.0 Å². The lowest BCUT2D eigenvalue weighted by atomic mass is 9.67. The maximum atomic E-state index is 2.48. The molecule has 1 aliphatic carbocycles. The molecule has 10 aromatic rings. The molecule has 11 rings (SSSR count). The van der Waals surface area contributed by atoms with E-state index < -0.39 is 5.41 Å². The van der Waals surface area contributed by atoms with E-state index >= 15 is 0 Å². The molecule has 2 aromatic heterocycles. The fourth-order valence-corrected chi connectivity index (χ4v) is 10.0. The van der Waals surface area contributed by atoms with Gasteiger partial charge < -0.3 is 4.57 Å². The van der Waals surface area contributed by atoms with Gasteiger partial charge in [-0.2, -0.15) is 0 Å². The van der Waals surface area contributed by atoms with Crippen LogP contribution in [0.4, 0.5) is 0 Å². The topological polar surface area (TPSA) is 4.93 Å². The number of nitrogens with zero attached hydrogens (tertiary/aromatic N) is 1. The molecule has 8 aromatic carbocycles. The van der Waals surface area contributed by atoms with Crippen molar-refractivity contribution in [1.29, 1.82) is 0 Å². The van der Waals surface area contributed by atoms with Crippen molar-refractivity contribution in [2.45, 2.75) is 5.41 Å². The third-order valence-electron chi connectivity index (χ3n) is 11.1. The molecule has 0 N–H and O–H groups in total. The first kappa shape index (κ1) is 28.6. The first-order valence-corrected chi connectivity index (χ1v) is 18.4. The van der Waals surface area contributed by atoms with E-state index in [9.17, 15) is 0 Å². The average Bonchev–Trinajstić information content (AvgIpc) is 3.84. The van der Waals surface area contributed by atoms with Crippen molar-refractivity contribution < 1.29 is 0 Å². The van der Waals surface area contributed by atoms with Crippen LogP contribution in [-0.4, -0.2) is 4.57 Å². The first-order valence-electron chi connectivity index (χ1n) is 17.6. The molecule has 51 heavy (non-hydrogen) atoms. The second kappa shape index (κ2) is 10.9. The molecule has 0 bridgehead atoms. The van der Waals surface area contributed by atoms with Crippen LogP contribution >= 0.6 is 11.3 Å². The highest BCUT2D eigenvalue weighted by Crippen LogP contribution is 2.57. The Hall–Kier alpha value is -6.22. The van der Waals surface area contributed by atoms with Gasteiger partial charge in [0.05, 0.1) is 16.4 Å². The monoisotopic (exact) mass is 665 g/mol. The first-order chi connectivity index (χ1) is 25.3. The highest BCUT2D eigenvalue weighted by Gasteiger charge is 2.46. The summed E-state index contributed by atoms with van der Waals surface area (Å²) >= 11 is 1.88. The molecule has 1 nitrogen and oxygen atoms in total. The second-order valence-corrected chi connectivity index (χ2v) is 14.7. The Labute approximate surface area is 300 Å². The highest BCUT2D eigenvalue weighted by atomic mass is 32.1. The van der Waals surface area contributed by atoms with Gasteiger partial charge in [-0.3, -0.25) is 0 Å². The van der Waals surface area contributed by atoms with E-state index in [0.29, 0.717) is 0 Å². The molecule has 0 aliphatic heterocycles. The zero-order chi connectivity index (χ0) is 33.5. The van der Waals surface area contributed by atoms with Crippen LogP contribution in [0.5, 0.6) is 0 Å². The van der Waals surface area contributed by atoms with E-state index in [2.05, 4.69) is 193 Å². The summed E-state index contributed by atoms with van der Waals surface area (Å²) in [4.78, 5) is 0. The summed E-state index contributed by atoms with van der Waals surface area (Å²) in [6.07, 6.45) is 0. The molecule has 238 valence electrons. The molecule has 0 saturated heterocycles. The Kier molecular flexibility index (Phi) is 6.11. The summed E-state index contributed by atoms with van der Waals surface area (Å²) in [5.41, 5.74) is 13.3. The van der Waals surface area contributed by atoms with Crippen LogP contribution in [0.15, 0.2) is 188 Å². The third kappa shape index (κ3) is 4.03. The smallest absolute Gasteiger partial charge is 0.0714 e. The molecule has 0 atom stereocenters.